The van der Waals surface area contributed by atoms with E-state index in [-0.39, 0.29) is 5.95 Å². The van der Waals surface area contributed by atoms with Crippen LogP contribution in [0.25, 0.3) is 11.4 Å². The van der Waals surface area contributed by atoms with Gasteiger partial charge in [-0.3, -0.25) is 9.99 Å². The molecule has 0 aliphatic heterocycles. The van der Waals surface area contributed by atoms with Crippen molar-refractivity contribution < 1.29 is 0 Å². The number of halogens is 2. The fraction of sp³-hybridized carbons (Fsp3) is 0.182. The molecule has 0 atom stereocenters. The number of hydrogen-bond acceptors (Lipinski definition) is 5. The van der Waals surface area contributed by atoms with E-state index in [1.165, 1.54) is 4.57 Å². The summed E-state index contributed by atoms with van der Waals surface area (Å²) in [7, 11) is 0. The van der Waals surface area contributed by atoms with E-state index in [2.05, 4.69) is 15.4 Å². The maximum atomic E-state index is 11.9. The van der Waals surface area contributed by atoms with Crippen LogP contribution in [0, 0.1) is 0 Å². The first kappa shape index (κ1) is 13.8. The van der Waals surface area contributed by atoms with Gasteiger partial charge in [-0.2, -0.15) is 9.97 Å². The molecule has 0 amide bonds. The molecular formula is C11H11Cl2N5O. The summed E-state index contributed by atoms with van der Waals surface area (Å²) in [5.41, 5.74) is 2.25. The van der Waals surface area contributed by atoms with Crippen molar-refractivity contribution in [1.82, 2.24) is 14.5 Å². The number of hydrazine groups is 1. The first-order chi connectivity index (χ1) is 9.08. The summed E-state index contributed by atoms with van der Waals surface area (Å²) in [6, 6.07) is 5.06. The number of aromatic nitrogens is 3. The minimum Gasteiger partial charge on any atom is -0.292 e. The van der Waals surface area contributed by atoms with E-state index < -0.39 is 5.69 Å². The number of hydrogen-bond donors (Lipinski definition) is 2. The minimum atomic E-state index is -0.476. The normalized spacial score (nSPS) is 10.5. The lowest BCUT2D eigenvalue weighted by atomic mass is 10.2. The average molecular weight is 300 g/mol. The van der Waals surface area contributed by atoms with Gasteiger partial charge in [-0.25, -0.2) is 10.6 Å². The van der Waals surface area contributed by atoms with Crippen LogP contribution in [-0.4, -0.2) is 14.5 Å². The van der Waals surface area contributed by atoms with E-state index in [1.54, 1.807) is 25.1 Å². The van der Waals surface area contributed by atoms with Crippen LogP contribution in [-0.2, 0) is 6.54 Å². The Morgan fingerprint density at radius 2 is 1.95 bits per heavy atom. The maximum absolute atomic E-state index is 11.9. The molecule has 1 heterocycles. The van der Waals surface area contributed by atoms with Gasteiger partial charge < -0.3 is 0 Å². The van der Waals surface area contributed by atoms with Crippen molar-refractivity contribution >= 4 is 29.2 Å². The molecule has 2 aromatic rings. The fourth-order valence-electron chi connectivity index (χ4n) is 1.68. The molecule has 6 nitrogen and oxygen atoms in total. The molecule has 8 heteroatoms. The fourth-order valence-corrected chi connectivity index (χ4v) is 2.25. The Morgan fingerprint density at radius 1 is 1.32 bits per heavy atom. The Hall–Kier alpha value is -1.63. The molecule has 100 valence electrons. The maximum Gasteiger partial charge on any atom is 0.352 e. The third-order valence-corrected chi connectivity index (χ3v) is 3.16. The molecule has 0 saturated heterocycles. The highest BCUT2D eigenvalue weighted by molar-refractivity contribution is 6.39. The van der Waals surface area contributed by atoms with Gasteiger partial charge in [0.15, 0.2) is 5.82 Å². The lowest BCUT2D eigenvalue weighted by Crippen LogP contribution is -2.28. The summed E-state index contributed by atoms with van der Waals surface area (Å²) in [5.74, 6) is 5.58. The average Bonchev–Trinajstić information content (AvgIpc) is 2.38. The minimum absolute atomic E-state index is 0.0145. The third-order valence-electron chi connectivity index (χ3n) is 2.53. The monoisotopic (exact) mass is 299 g/mol. The van der Waals surface area contributed by atoms with Crippen LogP contribution in [0.2, 0.25) is 10.0 Å². The zero-order valence-electron chi connectivity index (χ0n) is 10.0. The summed E-state index contributed by atoms with van der Waals surface area (Å²) in [4.78, 5) is 19.7. The number of nitrogens with zero attached hydrogens (tertiary/aromatic N) is 3. The molecule has 0 unspecified atom stereocenters. The van der Waals surface area contributed by atoms with Gasteiger partial charge in [-0.05, 0) is 19.1 Å². The van der Waals surface area contributed by atoms with Crippen molar-refractivity contribution in [2.24, 2.45) is 5.84 Å². The van der Waals surface area contributed by atoms with Crippen molar-refractivity contribution in [2.75, 3.05) is 5.43 Å². The number of nitrogen functional groups attached to an aromatic ring is 1. The Bertz CT molecular complexity index is 650. The molecule has 0 radical (unpaired) electrons. The van der Waals surface area contributed by atoms with E-state index in [4.69, 9.17) is 29.0 Å². The standard InChI is InChI=1S/C11H11Cl2N5O/c1-2-18-9(15-10(17-14)16-11(18)19)8-6(12)4-3-5-7(8)13/h3-5H,2,14H2,1H3,(H,16,17,19). The van der Waals surface area contributed by atoms with E-state index in [0.29, 0.717) is 28.0 Å². The SMILES string of the molecule is CCn1c(-c2c(Cl)cccc2Cl)nc(NN)nc1=O. The van der Waals surface area contributed by atoms with Gasteiger partial charge in [-0.1, -0.05) is 29.3 Å². The van der Waals surface area contributed by atoms with Crippen LogP contribution in [0.3, 0.4) is 0 Å². The van der Waals surface area contributed by atoms with E-state index in [9.17, 15) is 4.79 Å². The van der Waals surface area contributed by atoms with Gasteiger partial charge in [-0.15, -0.1) is 0 Å². The molecule has 0 bridgehead atoms. The number of nitrogens with one attached hydrogen (secondary N) is 1. The summed E-state index contributed by atoms with van der Waals surface area (Å²) >= 11 is 12.3. The molecule has 0 saturated carbocycles. The van der Waals surface area contributed by atoms with E-state index in [0.717, 1.165) is 0 Å². The van der Waals surface area contributed by atoms with Gasteiger partial charge >= 0.3 is 5.69 Å². The second kappa shape index (κ2) is 5.56. The molecule has 2 rings (SSSR count). The van der Waals surface area contributed by atoms with Gasteiger partial charge in [0.05, 0.1) is 15.6 Å². The van der Waals surface area contributed by atoms with Crippen LogP contribution in [0.5, 0.6) is 0 Å². The number of anilines is 1. The Kier molecular flexibility index (Phi) is 4.04. The molecule has 0 spiro atoms. The lowest BCUT2D eigenvalue weighted by Gasteiger charge is -2.12. The van der Waals surface area contributed by atoms with Gasteiger partial charge in [0.25, 0.3) is 0 Å². The predicted molar refractivity (Wildman–Crippen MR) is 75.2 cm³/mol. The van der Waals surface area contributed by atoms with Crippen LogP contribution < -0.4 is 17.0 Å². The lowest BCUT2D eigenvalue weighted by molar-refractivity contribution is 0.687. The first-order valence-corrected chi connectivity index (χ1v) is 6.24. The largest absolute Gasteiger partial charge is 0.352 e. The summed E-state index contributed by atoms with van der Waals surface area (Å²) in [6.07, 6.45) is 0. The van der Waals surface area contributed by atoms with Crippen LogP contribution in [0.15, 0.2) is 23.0 Å². The number of nitrogens with two attached hydrogens (primary N) is 1. The first-order valence-electron chi connectivity index (χ1n) is 5.48. The summed E-state index contributed by atoms with van der Waals surface area (Å²) < 4.78 is 1.37. The zero-order valence-corrected chi connectivity index (χ0v) is 11.5. The molecule has 19 heavy (non-hydrogen) atoms. The number of rotatable bonds is 3. The van der Waals surface area contributed by atoms with Crippen molar-refractivity contribution in [1.29, 1.82) is 0 Å². The Balaban J connectivity index is 2.81. The summed E-state index contributed by atoms with van der Waals surface area (Å²) in [6.45, 7) is 2.19. The summed E-state index contributed by atoms with van der Waals surface area (Å²) in [5, 5.41) is 0.798. The Morgan fingerprint density at radius 3 is 2.47 bits per heavy atom. The third kappa shape index (κ3) is 2.56. The topological polar surface area (TPSA) is 85.8 Å². The molecule has 1 aromatic heterocycles. The highest BCUT2D eigenvalue weighted by atomic mass is 35.5. The van der Waals surface area contributed by atoms with E-state index in [1.807, 2.05) is 0 Å². The van der Waals surface area contributed by atoms with Crippen molar-refractivity contribution in [3.8, 4) is 11.4 Å². The molecule has 1 aromatic carbocycles. The van der Waals surface area contributed by atoms with Crippen molar-refractivity contribution in [2.45, 2.75) is 13.5 Å². The van der Waals surface area contributed by atoms with Gasteiger partial charge in [0, 0.05) is 6.54 Å². The molecular weight excluding hydrogens is 289 g/mol. The molecule has 0 aliphatic rings. The second-order valence-corrected chi connectivity index (χ2v) is 4.45. The molecule has 0 aliphatic carbocycles. The van der Waals surface area contributed by atoms with Crippen molar-refractivity contribution in [3.05, 3.63) is 38.7 Å². The van der Waals surface area contributed by atoms with Crippen molar-refractivity contribution in [3.63, 3.8) is 0 Å². The quantitative estimate of drug-likeness (QED) is 0.668. The number of benzene rings is 1. The predicted octanol–water partition coefficient (Wildman–Crippen LogP) is 1.92. The highest BCUT2D eigenvalue weighted by Crippen LogP contribution is 2.33. The molecule has 0 fully saturated rings. The van der Waals surface area contributed by atoms with E-state index >= 15 is 0 Å². The zero-order chi connectivity index (χ0) is 14.0. The highest BCUT2D eigenvalue weighted by Gasteiger charge is 2.16. The second-order valence-electron chi connectivity index (χ2n) is 3.64. The van der Waals surface area contributed by atoms with Crippen LogP contribution in [0.1, 0.15) is 6.92 Å². The molecule has 3 N–H and O–H groups in total. The van der Waals surface area contributed by atoms with Crippen LogP contribution >= 0.6 is 23.2 Å². The van der Waals surface area contributed by atoms with Crippen LogP contribution in [0.4, 0.5) is 5.95 Å². The Labute approximate surface area is 119 Å². The van der Waals surface area contributed by atoms with Gasteiger partial charge in [0.1, 0.15) is 0 Å². The smallest absolute Gasteiger partial charge is 0.292 e. The van der Waals surface area contributed by atoms with Gasteiger partial charge in [0.2, 0.25) is 5.95 Å².